The van der Waals surface area contributed by atoms with Crippen molar-refractivity contribution in [2.45, 2.75) is 58.5 Å². The van der Waals surface area contributed by atoms with Crippen molar-refractivity contribution >= 4 is 0 Å². The maximum absolute atomic E-state index is 9.35. The summed E-state index contributed by atoms with van der Waals surface area (Å²) in [6.07, 6.45) is 3.87. The predicted molar refractivity (Wildman–Crippen MR) is 71.7 cm³/mol. The van der Waals surface area contributed by atoms with Crippen molar-refractivity contribution < 1.29 is 0 Å². The Morgan fingerprint density at radius 3 is 2.71 bits per heavy atom. The van der Waals surface area contributed by atoms with E-state index < -0.39 is 5.54 Å². The van der Waals surface area contributed by atoms with Crippen molar-refractivity contribution in [2.24, 2.45) is 5.92 Å². The van der Waals surface area contributed by atoms with Crippen LogP contribution in [0.4, 0.5) is 0 Å². The molecule has 0 spiro atoms. The van der Waals surface area contributed by atoms with Crippen LogP contribution in [0.2, 0.25) is 0 Å². The average Bonchev–Trinajstić information content (AvgIpc) is 2.43. The summed E-state index contributed by atoms with van der Waals surface area (Å²) in [5.74, 6) is 0.839. The van der Waals surface area contributed by atoms with Crippen LogP contribution in [0.25, 0.3) is 0 Å². The minimum Gasteiger partial charge on any atom is -0.300 e. The molecule has 1 N–H and O–H groups in total. The highest BCUT2D eigenvalue weighted by atomic mass is 15.2. The van der Waals surface area contributed by atoms with Gasteiger partial charge in [-0.2, -0.15) is 5.26 Å². The molecule has 3 nitrogen and oxygen atoms in total. The van der Waals surface area contributed by atoms with E-state index in [1.54, 1.807) is 0 Å². The van der Waals surface area contributed by atoms with Crippen LogP contribution in [0.15, 0.2) is 0 Å². The first-order valence-corrected chi connectivity index (χ1v) is 6.86. The van der Waals surface area contributed by atoms with Gasteiger partial charge in [-0.3, -0.25) is 5.32 Å². The van der Waals surface area contributed by atoms with E-state index in [4.69, 9.17) is 0 Å². The first-order chi connectivity index (χ1) is 7.95. The van der Waals surface area contributed by atoms with E-state index in [1.807, 2.05) is 6.92 Å². The molecule has 1 saturated heterocycles. The fourth-order valence-electron chi connectivity index (χ4n) is 2.68. The van der Waals surface area contributed by atoms with Crippen molar-refractivity contribution in [2.75, 3.05) is 19.6 Å². The van der Waals surface area contributed by atoms with Crippen LogP contribution in [0.1, 0.15) is 47.0 Å². The van der Waals surface area contributed by atoms with Crippen molar-refractivity contribution in [1.29, 1.82) is 5.26 Å². The van der Waals surface area contributed by atoms with Crippen LogP contribution >= 0.6 is 0 Å². The van der Waals surface area contributed by atoms with Crippen LogP contribution in [-0.4, -0.2) is 36.1 Å². The Balaban J connectivity index is 2.53. The summed E-state index contributed by atoms with van der Waals surface area (Å²) in [6.45, 7) is 11.7. The quantitative estimate of drug-likeness (QED) is 0.816. The zero-order valence-corrected chi connectivity index (χ0v) is 11.8. The highest BCUT2D eigenvalue weighted by Crippen LogP contribution is 2.18. The minimum atomic E-state index is -0.415. The average molecular weight is 237 g/mol. The molecule has 1 aliphatic rings. The summed E-state index contributed by atoms with van der Waals surface area (Å²) in [5, 5.41) is 12.7. The smallest absolute Gasteiger partial charge is 0.116 e. The lowest BCUT2D eigenvalue weighted by Gasteiger charge is -2.32. The number of nitrogens with one attached hydrogen (secondary N) is 1. The number of likely N-dealkylation sites (tertiary alicyclic amines) is 1. The highest BCUT2D eigenvalue weighted by molar-refractivity contribution is 5.06. The summed E-state index contributed by atoms with van der Waals surface area (Å²) >= 11 is 0. The normalized spacial score (nSPS) is 26.2. The van der Waals surface area contributed by atoms with Gasteiger partial charge in [-0.25, -0.2) is 0 Å². The molecule has 3 heteroatoms. The number of hydrogen-bond donors (Lipinski definition) is 1. The van der Waals surface area contributed by atoms with Crippen LogP contribution in [0.3, 0.4) is 0 Å². The predicted octanol–water partition coefficient (Wildman–Crippen LogP) is 2.39. The summed E-state index contributed by atoms with van der Waals surface area (Å²) < 4.78 is 0. The molecule has 2 atom stereocenters. The molecule has 2 unspecified atom stereocenters. The van der Waals surface area contributed by atoms with Gasteiger partial charge in [0, 0.05) is 12.6 Å². The number of nitriles is 1. The molecular weight excluding hydrogens is 210 g/mol. The van der Waals surface area contributed by atoms with E-state index >= 15 is 0 Å². The molecular formula is C14H27N3. The molecule has 0 aromatic heterocycles. The lowest BCUT2D eigenvalue weighted by Crippen LogP contribution is -2.53. The Kier molecular flexibility index (Phi) is 5.42. The van der Waals surface area contributed by atoms with E-state index in [0.29, 0.717) is 6.04 Å². The lowest BCUT2D eigenvalue weighted by molar-refractivity contribution is 0.218. The standard InChI is InChI=1S/C14H27N3/c1-12(2)16-14(4,10-15)11-17-8-5-6-13(3)7-9-17/h12-13,16H,5-9,11H2,1-4H3. The van der Waals surface area contributed by atoms with Gasteiger partial charge in [0.25, 0.3) is 0 Å². The fourth-order valence-corrected chi connectivity index (χ4v) is 2.68. The monoisotopic (exact) mass is 237 g/mol. The second kappa shape index (κ2) is 6.37. The second-order valence-electron chi connectivity index (χ2n) is 6.06. The van der Waals surface area contributed by atoms with Crippen molar-refractivity contribution in [1.82, 2.24) is 10.2 Å². The fraction of sp³-hybridized carbons (Fsp3) is 0.929. The van der Waals surface area contributed by atoms with Gasteiger partial charge in [0.1, 0.15) is 5.54 Å². The van der Waals surface area contributed by atoms with Gasteiger partial charge in [0.2, 0.25) is 0 Å². The molecule has 0 aromatic rings. The molecule has 0 radical (unpaired) electrons. The molecule has 0 aliphatic carbocycles. The van der Waals surface area contributed by atoms with Gasteiger partial charge in [0.05, 0.1) is 6.07 Å². The zero-order valence-electron chi connectivity index (χ0n) is 11.8. The molecule has 17 heavy (non-hydrogen) atoms. The van der Waals surface area contributed by atoms with E-state index in [9.17, 15) is 5.26 Å². The Hall–Kier alpha value is -0.590. The van der Waals surface area contributed by atoms with E-state index in [-0.39, 0.29) is 0 Å². The SMILES string of the molecule is CC1CCCN(CC(C)(C#N)NC(C)C)CC1. The largest absolute Gasteiger partial charge is 0.300 e. The van der Waals surface area contributed by atoms with Gasteiger partial charge in [-0.05, 0) is 59.0 Å². The number of rotatable bonds is 4. The van der Waals surface area contributed by atoms with Crippen LogP contribution in [0.5, 0.6) is 0 Å². The summed E-state index contributed by atoms with van der Waals surface area (Å²) in [6, 6.07) is 2.79. The molecule has 0 saturated carbocycles. The molecule has 1 heterocycles. The number of hydrogen-bond acceptors (Lipinski definition) is 3. The molecule has 0 bridgehead atoms. The topological polar surface area (TPSA) is 39.1 Å². The van der Waals surface area contributed by atoms with Crippen molar-refractivity contribution in [3.8, 4) is 6.07 Å². The first kappa shape index (κ1) is 14.5. The highest BCUT2D eigenvalue weighted by Gasteiger charge is 2.28. The second-order valence-corrected chi connectivity index (χ2v) is 6.06. The van der Waals surface area contributed by atoms with Gasteiger partial charge in [-0.1, -0.05) is 6.92 Å². The Bertz CT molecular complexity index is 269. The van der Waals surface area contributed by atoms with Crippen molar-refractivity contribution in [3.05, 3.63) is 0 Å². The maximum atomic E-state index is 9.35. The van der Waals surface area contributed by atoms with Crippen LogP contribution in [-0.2, 0) is 0 Å². The Morgan fingerprint density at radius 2 is 2.12 bits per heavy atom. The van der Waals surface area contributed by atoms with Gasteiger partial charge in [-0.15, -0.1) is 0 Å². The van der Waals surface area contributed by atoms with Crippen LogP contribution in [0, 0.1) is 17.2 Å². The van der Waals surface area contributed by atoms with Crippen molar-refractivity contribution in [3.63, 3.8) is 0 Å². The number of nitrogens with zero attached hydrogens (tertiary/aromatic N) is 2. The first-order valence-electron chi connectivity index (χ1n) is 6.86. The third-order valence-electron chi connectivity index (χ3n) is 3.50. The Morgan fingerprint density at radius 1 is 1.41 bits per heavy atom. The van der Waals surface area contributed by atoms with Crippen LogP contribution < -0.4 is 5.32 Å². The molecule has 1 aliphatic heterocycles. The third-order valence-corrected chi connectivity index (χ3v) is 3.50. The molecule has 1 rings (SSSR count). The van der Waals surface area contributed by atoms with Gasteiger partial charge < -0.3 is 4.90 Å². The van der Waals surface area contributed by atoms with Gasteiger partial charge in [0.15, 0.2) is 0 Å². The minimum absolute atomic E-state index is 0.352. The van der Waals surface area contributed by atoms with Gasteiger partial charge >= 0.3 is 0 Å². The summed E-state index contributed by atoms with van der Waals surface area (Å²) in [4.78, 5) is 2.45. The molecule has 0 aromatic carbocycles. The van der Waals surface area contributed by atoms with E-state index in [1.165, 1.54) is 19.3 Å². The Labute approximate surface area is 106 Å². The zero-order chi connectivity index (χ0) is 12.9. The summed E-state index contributed by atoms with van der Waals surface area (Å²) in [7, 11) is 0. The molecule has 98 valence electrons. The van der Waals surface area contributed by atoms with E-state index in [2.05, 4.69) is 37.1 Å². The summed E-state index contributed by atoms with van der Waals surface area (Å²) in [5.41, 5.74) is -0.415. The molecule has 0 amide bonds. The maximum Gasteiger partial charge on any atom is 0.116 e. The van der Waals surface area contributed by atoms with E-state index in [0.717, 1.165) is 25.6 Å². The molecule has 1 fully saturated rings. The lowest BCUT2D eigenvalue weighted by atomic mass is 10.0. The third kappa shape index (κ3) is 5.06.